The summed E-state index contributed by atoms with van der Waals surface area (Å²) in [5.74, 6) is -0.148. The number of nitrogens with zero attached hydrogens (tertiary/aromatic N) is 5. The molecule has 1 saturated heterocycles. The van der Waals surface area contributed by atoms with Crippen molar-refractivity contribution in [2.45, 2.75) is 38.8 Å². The summed E-state index contributed by atoms with van der Waals surface area (Å²) in [5.41, 5.74) is 4.94. The third-order valence-corrected chi connectivity index (χ3v) is 6.56. The highest BCUT2D eigenvalue weighted by Crippen LogP contribution is 2.28. The minimum atomic E-state index is -2.90. The molecule has 4 aromatic rings. The molecule has 0 spiro atoms. The number of hydrogen-bond donors (Lipinski definition) is 0. The van der Waals surface area contributed by atoms with Crippen molar-refractivity contribution in [2.24, 2.45) is 7.05 Å². The van der Waals surface area contributed by atoms with E-state index in [1.807, 2.05) is 30.2 Å². The van der Waals surface area contributed by atoms with Crippen molar-refractivity contribution >= 4 is 16.7 Å². The fraction of sp³-hybridized carbons (Fsp3) is 0.333. The highest BCUT2D eigenvalue weighted by molar-refractivity contribution is 5.97. The van der Waals surface area contributed by atoms with Gasteiger partial charge >= 0.3 is 6.61 Å². The first kappa shape index (κ1) is 24.0. The second kappa shape index (κ2) is 10.5. The topological polar surface area (TPSA) is 73.1 Å². The Balaban J connectivity index is 1.36. The van der Waals surface area contributed by atoms with Crippen molar-refractivity contribution in [3.63, 3.8) is 0 Å². The van der Waals surface area contributed by atoms with Gasteiger partial charge in [-0.2, -0.15) is 13.9 Å². The van der Waals surface area contributed by atoms with Gasteiger partial charge in [0.1, 0.15) is 5.75 Å². The number of pyridine rings is 2. The Labute approximate surface area is 207 Å². The number of aryl methyl sites for hydroxylation is 1. The highest BCUT2D eigenvalue weighted by atomic mass is 19.3. The van der Waals surface area contributed by atoms with E-state index in [0.29, 0.717) is 11.3 Å². The van der Waals surface area contributed by atoms with Crippen molar-refractivity contribution in [3.8, 4) is 16.9 Å². The first-order chi connectivity index (χ1) is 17.5. The monoisotopic (exact) mass is 491 g/mol. The minimum absolute atomic E-state index is 0.0130. The molecule has 36 heavy (non-hydrogen) atoms. The Morgan fingerprint density at radius 3 is 2.56 bits per heavy atom. The number of carbonyl (C=O) groups is 1. The number of ether oxygens (including phenoxy) is 1. The van der Waals surface area contributed by atoms with Gasteiger partial charge in [0.2, 0.25) is 0 Å². The second-order valence-electron chi connectivity index (χ2n) is 9.06. The van der Waals surface area contributed by atoms with Gasteiger partial charge in [-0.15, -0.1) is 0 Å². The molecule has 1 aliphatic heterocycles. The Morgan fingerprint density at radius 1 is 1.03 bits per heavy atom. The van der Waals surface area contributed by atoms with E-state index in [-0.39, 0.29) is 18.0 Å². The molecule has 5 rings (SSSR count). The van der Waals surface area contributed by atoms with Crippen LogP contribution in [0.25, 0.3) is 22.0 Å². The number of carbonyl (C=O) groups excluding carboxylic acids is 1. The molecule has 0 saturated carbocycles. The van der Waals surface area contributed by atoms with Crippen molar-refractivity contribution in [3.05, 3.63) is 71.9 Å². The molecule has 3 aromatic heterocycles. The molecule has 0 amide bonds. The molecule has 0 atom stereocenters. The molecule has 186 valence electrons. The molecular weight excluding hydrogens is 464 g/mol. The highest BCUT2D eigenvalue weighted by Gasteiger charge is 2.18. The fourth-order valence-corrected chi connectivity index (χ4v) is 4.63. The Bertz CT molecular complexity index is 1360. The average molecular weight is 492 g/mol. The number of fused-ring (bicyclic) bond motifs is 1. The van der Waals surface area contributed by atoms with Crippen LogP contribution in [0.1, 0.15) is 41.0 Å². The summed E-state index contributed by atoms with van der Waals surface area (Å²) in [5, 5.41) is 5.39. The molecule has 0 N–H and O–H groups in total. The predicted octanol–water partition coefficient (Wildman–Crippen LogP) is 5.04. The van der Waals surface area contributed by atoms with Crippen molar-refractivity contribution in [1.82, 2.24) is 24.6 Å². The predicted molar refractivity (Wildman–Crippen MR) is 132 cm³/mol. The minimum Gasteiger partial charge on any atom is -0.435 e. The van der Waals surface area contributed by atoms with Gasteiger partial charge in [-0.1, -0.05) is 6.42 Å². The standard InChI is InChI=1S/C27H27F2N5O2/c1-33-25(17-34-9-3-2-4-10-34)23(15-32-33)20-11-19-12-21(30-16-24(19)31-14-20)13-26(35)18-5-7-22(8-6-18)36-27(28)29/h5-8,11-12,14-16,27H,2-4,9-10,13,17H2,1H3. The zero-order chi connectivity index (χ0) is 25.1. The van der Waals surface area contributed by atoms with Crippen LogP contribution in [0.5, 0.6) is 5.75 Å². The van der Waals surface area contributed by atoms with E-state index in [1.54, 1.807) is 6.20 Å². The van der Waals surface area contributed by atoms with Gasteiger partial charge in [-0.25, -0.2) is 0 Å². The number of ketones is 1. The zero-order valence-corrected chi connectivity index (χ0v) is 20.0. The van der Waals surface area contributed by atoms with Gasteiger partial charge in [0.15, 0.2) is 5.78 Å². The molecule has 9 heteroatoms. The Kier molecular flexibility index (Phi) is 6.99. The summed E-state index contributed by atoms with van der Waals surface area (Å²) >= 11 is 0. The van der Waals surface area contributed by atoms with Crippen molar-refractivity contribution in [1.29, 1.82) is 0 Å². The van der Waals surface area contributed by atoms with Gasteiger partial charge < -0.3 is 4.74 Å². The molecule has 1 aromatic carbocycles. The lowest BCUT2D eigenvalue weighted by atomic mass is 10.0. The summed E-state index contributed by atoms with van der Waals surface area (Å²) in [6.45, 7) is 0.151. The number of halogens is 2. The maximum Gasteiger partial charge on any atom is 0.387 e. The number of piperidine rings is 1. The van der Waals surface area contributed by atoms with Gasteiger partial charge in [0.25, 0.3) is 0 Å². The molecule has 4 heterocycles. The van der Waals surface area contributed by atoms with Crippen molar-refractivity contribution < 1.29 is 18.3 Å². The maximum absolute atomic E-state index is 12.7. The van der Waals surface area contributed by atoms with E-state index in [9.17, 15) is 13.6 Å². The summed E-state index contributed by atoms with van der Waals surface area (Å²) < 4.78 is 31.0. The number of Topliss-reactive ketones (excluding diaryl/α,β-unsaturated/α-hetero) is 1. The van der Waals surface area contributed by atoms with Crippen LogP contribution in [0.2, 0.25) is 0 Å². The van der Waals surface area contributed by atoms with Crippen LogP contribution in [0.3, 0.4) is 0 Å². The molecule has 0 unspecified atom stereocenters. The lowest BCUT2D eigenvalue weighted by Gasteiger charge is -2.26. The molecule has 0 radical (unpaired) electrons. The summed E-state index contributed by atoms with van der Waals surface area (Å²) in [7, 11) is 1.97. The molecule has 7 nitrogen and oxygen atoms in total. The van der Waals surface area contributed by atoms with Crippen LogP contribution in [0.15, 0.2) is 55.0 Å². The smallest absolute Gasteiger partial charge is 0.387 e. The van der Waals surface area contributed by atoms with Crippen LogP contribution >= 0.6 is 0 Å². The SMILES string of the molecule is Cn1ncc(-c2cnc3cnc(CC(=O)c4ccc(OC(F)F)cc4)cc3c2)c1CN1CCCCC1. The second-order valence-corrected chi connectivity index (χ2v) is 9.06. The van der Waals surface area contributed by atoms with Crippen LogP contribution in [-0.4, -0.2) is 50.1 Å². The van der Waals surface area contributed by atoms with E-state index in [2.05, 4.69) is 30.8 Å². The largest absolute Gasteiger partial charge is 0.435 e. The molecule has 0 aliphatic carbocycles. The number of alkyl halides is 2. The number of hydrogen-bond acceptors (Lipinski definition) is 6. The van der Waals surface area contributed by atoms with Gasteiger partial charge in [-0.3, -0.25) is 24.3 Å². The first-order valence-corrected chi connectivity index (χ1v) is 12.0. The zero-order valence-electron chi connectivity index (χ0n) is 20.0. The summed E-state index contributed by atoms with van der Waals surface area (Å²) in [4.78, 5) is 24.2. The van der Waals surface area contributed by atoms with E-state index in [0.717, 1.165) is 47.4 Å². The van der Waals surface area contributed by atoms with Crippen LogP contribution in [0.4, 0.5) is 8.78 Å². The normalized spacial score (nSPS) is 14.4. The Hall–Kier alpha value is -3.72. The van der Waals surface area contributed by atoms with E-state index in [1.165, 1.54) is 43.5 Å². The molecule has 0 bridgehead atoms. The van der Waals surface area contributed by atoms with Gasteiger partial charge in [-0.05, 0) is 62.3 Å². The van der Waals surface area contributed by atoms with Crippen LogP contribution < -0.4 is 4.74 Å². The number of rotatable bonds is 8. The lowest BCUT2D eigenvalue weighted by Crippen LogP contribution is -2.30. The van der Waals surface area contributed by atoms with E-state index in [4.69, 9.17) is 0 Å². The van der Waals surface area contributed by atoms with Crippen LogP contribution in [0, 0.1) is 0 Å². The van der Waals surface area contributed by atoms with Gasteiger partial charge in [0.05, 0.1) is 30.0 Å². The number of benzene rings is 1. The van der Waals surface area contributed by atoms with E-state index >= 15 is 0 Å². The first-order valence-electron chi connectivity index (χ1n) is 12.0. The van der Waals surface area contributed by atoms with Gasteiger partial charge in [0, 0.05) is 47.6 Å². The molecular formula is C27H27F2N5O2. The Morgan fingerprint density at radius 2 is 1.81 bits per heavy atom. The summed E-state index contributed by atoms with van der Waals surface area (Å²) in [6, 6.07) is 9.61. The van der Waals surface area contributed by atoms with Crippen molar-refractivity contribution in [2.75, 3.05) is 13.1 Å². The molecule has 1 aliphatic rings. The third-order valence-electron chi connectivity index (χ3n) is 6.56. The lowest BCUT2D eigenvalue weighted by molar-refractivity contribution is -0.0498. The third kappa shape index (κ3) is 5.41. The summed E-state index contributed by atoms with van der Waals surface area (Å²) in [6.07, 6.45) is 9.23. The fourth-order valence-electron chi connectivity index (χ4n) is 4.63. The van der Waals surface area contributed by atoms with Crippen LogP contribution in [-0.2, 0) is 20.0 Å². The van der Waals surface area contributed by atoms with E-state index < -0.39 is 6.61 Å². The number of aromatic nitrogens is 4. The number of likely N-dealkylation sites (tertiary alicyclic amines) is 1. The quantitative estimate of drug-likeness (QED) is 0.322. The maximum atomic E-state index is 12.7. The molecule has 1 fully saturated rings. The average Bonchev–Trinajstić information content (AvgIpc) is 3.24.